The van der Waals surface area contributed by atoms with Crippen molar-refractivity contribution in [3.63, 3.8) is 0 Å². The van der Waals surface area contributed by atoms with E-state index in [1.807, 2.05) is 47.0 Å². The Morgan fingerprint density at radius 3 is 2.23 bits per heavy atom. The van der Waals surface area contributed by atoms with Crippen LogP contribution in [0.2, 0.25) is 0 Å². The minimum absolute atomic E-state index is 0.0382. The van der Waals surface area contributed by atoms with E-state index >= 15 is 0 Å². The molecule has 0 bridgehead atoms. The number of carbonyl (C=O) groups excluding carboxylic acids is 1. The molecule has 3 aromatic carbocycles. The maximum absolute atomic E-state index is 12.6. The number of phenolic OH excluding ortho intramolecular Hbond substituents is 1. The fraction of sp³-hybridized carbons (Fsp3) is 0.185. The van der Waals surface area contributed by atoms with Gasteiger partial charge in [-0.25, -0.2) is 5.43 Å². The van der Waals surface area contributed by atoms with E-state index in [0.29, 0.717) is 28.0 Å². The molecule has 1 aromatic heterocycles. The Bertz CT molecular complexity index is 1450. The van der Waals surface area contributed by atoms with Crippen LogP contribution in [0, 0.1) is 0 Å². The standard InChI is InChI=1S/C27H27N5O6S/c1-35-20-11-10-18(14-21(20)36-2)26-30-31-27(32(26)19-8-6-5-7-9-19)39-16-24(33)29-28-15-17-12-22(37-3)25(34)23(13-17)38-4/h5-15,34H,16H2,1-4H3,(H,29,33). The zero-order valence-electron chi connectivity index (χ0n) is 21.7. The molecule has 2 N–H and O–H groups in total. The molecule has 1 heterocycles. The van der Waals surface area contributed by atoms with E-state index in [1.165, 1.54) is 32.2 Å². The maximum atomic E-state index is 12.6. The molecule has 0 atom stereocenters. The third kappa shape index (κ3) is 6.24. The van der Waals surface area contributed by atoms with Gasteiger partial charge >= 0.3 is 0 Å². The van der Waals surface area contributed by atoms with Gasteiger partial charge in [-0.05, 0) is 42.5 Å². The van der Waals surface area contributed by atoms with Gasteiger partial charge in [-0.3, -0.25) is 9.36 Å². The van der Waals surface area contributed by atoms with Gasteiger partial charge in [-0.15, -0.1) is 10.2 Å². The van der Waals surface area contributed by atoms with Crippen LogP contribution in [-0.2, 0) is 4.79 Å². The first-order valence-corrected chi connectivity index (χ1v) is 12.6. The Morgan fingerprint density at radius 1 is 0.923 bits per heavy atom. The lowest BCUT2D eigenvalue weighted by Crippen LogP contribution is -2.20. The highest BCUT2D eigenvalue weighted by Gasteiger charge is 2.19. The van der Waals surface area contributed by atoms with Crippen molar-refractivity contribution in [2.45, 2.75) is 5.16 Å². The smallest absolute Gasteiger partial charge is 0.250 e. The lowest BCUT2D eigenvalue weighted by molar-refractivity contribution is -0.118. The van der Waals surface area contributed by atoms with Crippen LogP contribution in [-0.4, -0.2) is 66.2 Å². The quantitative estimate of drug-likeness (QED) is 0.162. The van der Waals surface area contributed by atoms with E-state index in [-0.39, 0.29) is 28.9 Å². The third-order valence-electron chi connectivity index (χ3n) is 5.53. The molecule has 0 aliphatic heterocycles. The molecule has 1 amide bonds. The van der Waals surface area contributed by atoms with Gasteiger partial charge in [0.05, 0.1) is 40.4 Å². The summed E-state index contributed by atoms with van der Waals surface area (Å²) in [7, 11) is 6.01. The summed E-state index contributed by atoms with van der Waals surface area (Å²) in [5.41, 5.74) is 4.67. The first-order chi connectivity index (χ1) is 19.0. The van der Waals surface area contributed by atoms with Crippen LogP contribution in [0.4, 0.5) is 0 Å². The average molecular weight is 550 g/mol. The number of aromatic nitrogens is 3. The molecule has 4 rings (SSSR count). The highest BCUT2D eigenvalue weighted by Crippen LogP contribution is 2.37. The van der Waals surface area contributed by atoms with Crippen molar-refractivity contribution < 1.29 is 28.8 Å². The lowest BCUT2D eigenvalue weighted by atomic mass is 10.2. The highest BCUT2D eigenvalue weighted by atomic mass is 32.2. The van der Waals surface area contributed by atoms with Gasteiger partial charge in [0.15, 0.2) is 34.0 Å². The van der Waals surface area contributed by atoms with E-state index in [4.69, 9.17) is 18.9 Å². The minimum atomic E-state index is -0.343. The normalized spacial score (nSPS) is 10.9. The minimum Gasteiger partial charge on any atom is -0.502 e. The van der Waals surface area contributed by atoms with Crippen molar-refractivity contribution in [3.8, 4) is 45.8 Å². The summed E-state index contributed by atoms with van der Waals surface area (Å²) in [5.74, 6) is 1.77. The van der Waals surface area contributed by atoms with Crippen molar-refractivity contribution >= 4 is 23.9 Å². The molecule has 12 heteroatoms. The number of hydrogen-bond acceptors (Lipinski definition) is 10. The second kappa shape index (κ2) is 12.7. The molecule has 0 aliphatic rings. The first-order valence-electron chi connectivity index (χ1n) is 11.6. The van der Waals surface area contributed by atoms with Crippen molar-refractivity contribution in [1.29, 1.82) is 0 Å². The molecule has 11 nitrogen and oxygen atoms in total. The number of aromatic hydroxyl groups is 1. The van der Waals surface area contributed by atoms with Crippen LogP contribution in [0.25, 0.3) is 17.1 Å². The number of carbonyl (C=O) groups is 1. The number of rotatable bonds is 11. The summed E-state index contributed by atoms with van der Waals surface area (Å²) in [6.45, 7) is 0. The third-order valence-corrected chi connectivity index (χ3v) is 6.46. The molecular formula is C27H27N5O6S. The second-order valence-electron chi connectivity index (χ2n) is 7.90. The molecule has 0 fully saturated rings. The maximum Gasteiger partial charge on any atom is 0.250 e. The van der Waals surface area contributed by atoms with Crippen LogP contribution >= 0.6 is 11.8 Å². The Hall–Kier alpha value is -4.71. The molecule has 0 saturated heterocycles. The zero-order chi connectivity index (χ0) is 27.8. The number of hydrazone groups is 1. The van der Waals surface area contributed by atoms with Crippen LogP contribution in [0.5, 0.6) is 28.7 Å². The number of phenols is 1. The first kappa shape index (κ1) is 27.3. The summed E-state index contributed by atoms with van der Waals surface area (Å²) >= 11 is 1.22. The molecule has 0 radical (unpaired) electrons. The van der Waals surface area contributed by atoms with Crippen LogP contribution in [0.1, 0.15) is 5.56 Å². The Morgan fingerprint density at radius 2 is 1.59 bits per heavy atom. The molecule has 0 unspecified atom stereocenters. The summed E-state index contributed by atoms with van der Waals surface area (Å²) in [5, 5.41) is 23.3. The SMILES string of the molecule is COc1ccc(-c2nnc(SCC(=O)NN=Cc3cc(OC)c(O)c(OC)c3)n2-c2ccccc2)cc1OC. The monoisotopic (exact) mass is 549 g/mol. The summed E-state index contributed by atoms with van der Waals surface area (Å²) in [6, 6.07) is 18.2. The van der Waals surface area contributed by atoms with Crippen molar-refractivity contribution in [2.75, 3.05) is 34.2 Å². The molecule has 0 saturated carbocycles. The molecule has 0 aliphatic carbocycles. The van der Waals surface area contributed by atoms with Crippen LogP contribution in [0.15, 0.2) is 70.9 Å². The molecule has 0 spiro atoms. The number of thioether (sulfide) groups is 1. The number of amides is 1. The van der Waals surface area contributed by atoms with E-state index < -0.39 is 0 Å². The van der Waals surface area contributed by atoms with Crippen LogP contribution < -0.4 is 24.4 Å². The van der Waals surface area contributed by atoms with E-state index in [2.05, 4.69) is 20.7 Å². The molecule has 4 aromatic rings. The lowest BCUT2D eigenvalue weighted by Gasteiger charge is -2.12. The average Bonchev–Trinajstić information content (AvgIpc) is 3.40. The Labute approximate surface area is 229 Å². The van der Waals surface area contributed by atoms with Gasteiger partial charge in [0.2, 0.25) is 5.75 Å². The molecular weight excluding hydrogens is 522 g/mol. The van der Waals surface area contributed by atoms with Gasteiger partial charge in [-0.1, -0.05) is 30.0 Å². The van der Waals surface area contributed by atoms with Crippen molar-refractivity contribution in [1.82, 2.24) is 20.2 Å². The highest BCUT2D eigenvalue weighted by molar-refractivity contribution is 7.99. The number of methoxy groups -OCH3 is 4. The second-order valence-corrected chi connectivity index (χ2v) is 8.85. The van der Waals surface area contributed by atoms with E-state index in [9.17, 15) is 9.90 Å². The number of para-hydroxylation sites is 1. The Balaban J connectivity index is 1.52. The van der Waals surface area contributed by atoms with Gasteiger partial charge in [0, 0.05) is 16.8 Å². The van der Waals surface area contributed by atoms with E-state index in [1.54, 1.807) is 32.4 Å². The topological polar surface area (TPSA) is 129 Å². The fourth-order valence-electron chi connectivity index (χ4n) is 3.66. The van der Waals surface area contributed by atoms with Gasteiger partial charge in [0.25, 0.3) is 5.91 Å². The number of benzene rings is 3. The van der Waals surface area contributed by atoms with Crippen LogP contribution in [0.3, 0.4) is 0 Å². The van der Waals surface area contributed by atoms with Gasteiger partial charge in [0.1, 0.15) is 0 Å². The van der Waals surface area contributed by atoms with Crippen molar-refractivity contribution in [3.05, 3.63) is 66.2 Å². The predicted octanol–water partition coefficient (Wildman–Crippen LogP) is 3.92. The summed E-state index contributed by atoms with van der Waals surface area (Å²) in [4.78, 5) is 12.6. The van der Waals surface area contributed by atoms with Crippen molar-refractivity contribution in [2.24, 2.45) is 5.10 Å². The largest absolute Gasteiger partial charge is 0.502 e. The van der Waals surface area contributed by atoms with Gasteiger partial charge < -0.3 is 24.1 Å². The molecule has 39 heavy (non-hydrogen) atoms. The predicted molar refractivity (Wildman–Crippen MR) is 148 cm³/mol. The summed E-state index contributed by atoms with van der Waals surface area (Å²) < 4.78 is 22.9. The fourth-order valence-corrected chi connectivity index (χ4v) is 4.41. The Kier molecular flexibility index (Phi) is 8.90. The number of nitrogens with one attached hydrogen (secondary N) is 1. The number of hydrogen-bond donors (Lipinski definition) is 2. The molecule has 202 valence electrons. The van der Waals surface area contributed by atoms with Gasteiger partial charge in [-0.2, -0.15) is 5.10 Å². The summed E-state index contributed by atoms with van der Waals surface area (Å²) in [6.07, 6.45) is 1.43. The number of nitrogens with zero attached hydrogens (tertiary/aromatic N) is 4. The number of ether oxygens (including phenoxy) is 4. The van der Waals surface area contributed by atoms with E-state index in [0.717, 1.165) is 11.3 Å². The zero-order valence-corrected chi connectivity index (χ0v) is 22.6.